The maximum absolute atomic E-state index is 12.3. The first-order valence-corrected chi connectivity index (χ1v) is 13.5. The highest BCUT2D eigenvalue weighted by Gasteiger charge is 2.17. The summed E-state index contributed by atoms with van der Waals surface area (Å²) in [6, 6.07) is 14.7. The van der Waals surface area contributed by atoms with E-state index in [0.29, 0.717) is 36.3 Å². The molecule has 0 aliphatic carbocycles. The van der Waals surface area contributed by atoms with Gasteiger partial charge in [-0.25, -0.2) is 0 Å². The van der Waals surface area contributed by atoms with Crippen LogP contribution in [0.4, 0.5) is 0 Å². The fourth-order valence-corrected chi connectivity index (χ4v) is 4.41. The molecule has 2 aromatic rings. The summed E-state index contributed by atoms with van der Waals surface area (Å²) in [5.41, 5.74) is 3.34. The Morgan fingerprint density at radius 3 is 2.61 bits per heavy atom. The number of hydrogen-bond donors (Lipinski definition) is 2. The number of carbonyl (C=O) groups is 1. The van der Waals surface area contributed by atoms with Crippen LogP contribution in [0.1, 0.15) is 48.2 Å². The van der Waals surface area contributed by atoms with Crippen LogP contribution in [-0.2, 0) is 10.5 Å². The number of nitrogens with zero attached hydrogens (tertiary/aromatic N) is 1. The molecule has 1 unspecified atom stereocenters. The van der Waals surface area contributed by atoms with E-state index in [0.717, 1.165) is 25.3 Å². The Morgan fingerprint density at radius 1 is 1.17 bits per heavy atom. The van der Waals surface area contributed by atoms with Gasteiger partial charge in [0.15, 0.2) is 11.5 Å². The molecule has 7 nitrogen and oxygen atoms in total. The Morgan fingerprint density at radius 2 is 1.97 bits per heavy atom. The van der Waals surface area contributed by atoms with E-state index >= 15 is 0 Å². The van der Waals surface area contributed by atoms with Crippen LogP contribution in [-0.4, -0.2) is 70.5 Å². The molecule has 1 fully saturated rings. The zero-order valence-electron chi connectivity index (χ0n) is 22.6. The molecule has 0 bridgehead atoms. The smallest absolute Gasteiger partial charge is 0.253 e. The number of amides is 1. The van der Waals surface area contributed by atoms with Crippen molar-refractivity contribution in [1.82, 2.24) is 14.9 Å². The predicted octanol–water partition coefficient (Wildman–Crippen LogP) is 4.69. The van der Waals surface area contributed by atoms with Crippen molar-refractivity contribution < 1.29 is 19.0 Å². The first-order valence-electron chi connectivity index (χ1n) is 12.6. The third-order valence-electron chi connectivity index (χ3n) is 5.89. The Bertz CT molecular complexity index is 919. The van der Waals surface area contributed by atoms with Crippen LogP contribution in [0.5, 0.6) is 11.5 Å². The molecule has 1 heterocycles. The number of nitrogens with one attached hydrogen (secondary N) is 2. The summed E-state index contributed by atoms with van der Waals surface area (Å²) >= 11 is 1.82. The molecular weight excluding hydrogens is 474 g/mol. The summed E-state index contributed by atoms with van der Waals surface area (Å²) in [6.45, 7) is 9.51. The fraction of sp³-hybridized carbons (Fsp3) is 0.536. The van der Waals surface area contributed by atoms with Gasteiger partial charge in [-0.3, -0.25) is 9.52 Å². The lowest BCUT2D eigenvalue weighted by molar-refractivity contribution is 0.0754. The molecule has 0 radical (unpaired) electrons. The monoisotopic (exact) mass is 517 g/mol. The predicted molar refractivity (Wildman–Crippen MR) is 149 cm³/mol. The fourth-order valence-electron chi connectivity index (χ4n) is 3.55. The first kappa shape index (κ1) is 30.0. The van der Waals surface area contributed by atoms with Crippen molar-refractivity contribution >= 4 is 17.9 Å². The van der Waals surface area contributed by atoms with Crippen LogP contribution in [0, 0.1) is 6.92 Å². The standard InChI is InChI=1S/C16H25NO4.C12H18N2S/c1-12(2)17(3)16(18)13-7-8-14(20-5)15(11-13)21-10-6-9-19-4;1-10-3-2-4-11(7-10)9-15-14-12-5-6-13-8-12/h7-8,11-12H,6,9-10H2,1-5H3;2-4,7,12-14H,5-6,8-9H2,1H3. The number of carbonyl (C=O) groups excluding carboxylic acids is 1. The van der Waals surface area contributed by atoms with Crippen molar-refractivity contribution in [3.05, 3.63) is 59.2 Å². The molecule has 1 aliphatic heterocycles. The van der Waals surface area contributed by atoms with Gasteiger partial charge in [-0.2, -0.15) is 0 Å². The van der Waals surface area contributed by atoms with Gasteiger partial charge in [-0.15, -0.1) is 0 Å². The van der Waals surface area contributed by atoms with Crippen molar-refractivity contribution in [1.29, 1.82) is 0 Å². The van der Waals surface area contributed by atoms with E-state index in [2.05, 4.69) is 41.2 Å². The lowest BCUT2D eigenvalue weighted by atomic mass is 10.1. The lowest BCUT2D eigenvalue weighted by Crippen LogP contribution is -2.32. The van der Waals surface area contributed by atoms with Crippen molar-refractivity contribution in [2.45, 2.75) is 51.4 Å². The summed E-state index contributed by atoms with van der Waals surface area (Å²) in [6.07, 6.45) is 2.03. The average Bonchev–Trinajstić information content (AvgIpc) is 3.39. The van der Waals surface area contributed by atoms with Crippen molar-refractivity contribution in [3.8, 4) is 11.5 Å². The Hall–Kier alpha value is -2.26. The molecular formula is C28H43N3O4S. The van der Waals surface area contributed by atoms with E-state index in [1.54, 1.807) is 44.4 Å². The zero-order valence-corrected chi connectivity index (χ0v) is 23.5. The molecule has 0 spiro atoms. The molecule has 1 aliphatic rings. The molecule has 1 amide bonds. The minimum absolute atomic E-state index is 0.0330. The molecule has 2 N–H and O–H groups in total. The normalized spacial score (nSPS) is 14.8. The topological polar surface area (TPSA) is 72.1 Å². The summed E-state index contributed by atoms with van der Waals surface area (Å²) < 4.78 is 19.4. The molecule has 3 rings (SSSR count). The minimum Gasteiger partial charge on any atom is -0.493 e. The molecule has 200 valence electrons. The van der Waals surface area contributed by atoms with Crippen LogP contribution in [0.2, 0.25) is 0 Å². The molecule has 1 saturated heterocycles. The highest BCUT2D eigenvalue weighted by Crippen LogP contribution is 2.28. The average molecular weight is 518 g/mol. The largest absolute Gasteiger partial charge is 0.493 e. The van der Waals surface area contributed by atoms with Gasteiger partial charge >= 0.3 is 0 Å². The highest BCUT2D eigenvalue weighted by atomic mass is 32.2. The zero-order chi connectivity index (χ0) is 26.3. The highest BCUT2D eigenvalue weighted by molar-refractivity contribution is 7.96. The van der Waals surface area contributed by atoms with E-state index in [1.807, 2.05) is 25.8 Å². The van der Waals surface area contributed by atoms with Crippen molar-refractivity contribution in [2.75, 3.05) is 47.6 Å². The van der Waals surface area contributed by atoms with Gasteiger partial charge in [0.25, 0.3) is 5.91 Å². The van der Waals surface area contributed by atoms with Crippen LogP contribution in [0.15, 0.2) is 42.5 Å². The van der Waals surface area contributed by atoms with Crippen LogP contribution >= 0.6 is 11.9 Å². The number of hydrogen-bond acceptors (Lipinski definition) is 7. The van der Waals surface area contributed by atoms with Gasteiger partial charge in [0.2, 0.25) is 0 Å². The Balaban J connectivity index is 0.000000267. The number of methoxy groups -OCH3 is 2. The number of ether oxygens (including phenoxy) is 3. The molecule has 0 aromatic heterocycles. The summed E-state index contributed by atoms with van der Waals surface area (Å²) in [5.74, 6) is 2.22. The van der Waals surface area contributed by atoms with E-state index in [-0.39, 0.29) is 11.9 Å². The second-order valence-electron chi connectivity index (χ2n) is 9.16. The summed E-state index contributed by atoms with van der Waals surface area (Å²) in [4.78, 5) is 14.0. The second kappa shape index (κ2) is 16.5. The van der Waals surface area contributed by atoms with Crippen molar-refractivity contribution in [3.63, 3.8) is 0 Å². The van der Waals surface area contributed by atoms with E-state index < -0.39 is 0 Å². The maximum atomic E-state index is 12.3. The van der Waals surface area contributed by atoms with Gasteiger partial charge in [0.05, 0.1) is 13.7 Å². The minimum atomic E-state index is -0.0330. The number of aryl methyl sites for hydroxylation is 1. The number of rotatable bonds is 12. The molecule has 8 heteroatoms. The Labute approximate surface area is 221 Å². The molecule has 36 heavy (non-hydrogen) atoms. The summed E-state index contributed by atoms with van der Waals surface area (Å²) in [7, 11) is 5.02. The Kier molecular flexibility index (Phi) is 13.7. The van der Waals surface area contributed by atoms with Crippen LogP contribution < -0.4 is 19.5 Å². The van der Waals surface area contributed by atoms with Crippen LogP contribution in [0.3, 0.4) is 0 Å². The molecule has 2 aromatic carbocycles. The SMILES string of the molecule is COCCCOc1cc(C(=O)N(C)C(C)C)ccc1OC.Cc1cccc(CSNC2CCNC2)c1. The van der Waals surface area contributed by atoms with Crippen molar-refractivity contribution in [2.24, 2.45) is 0 Å². The molecule has 1 atom stereocenters. The van der Waals surface area contributed by atoms with Gasteiger partial charge in [0, 0.05) is 57.1 Å². The number of benzene rings is 2. The van der Waals surface area contributed by atoms with Gasteiger partial charge in [0.1, 0.15) is 0 Å². The quantitative estimate of drug-likeness (QED) is 0.313. The van der Waals surface area contributed by atoms with Gasteiger partial charge in [-0.1, -0.05) is 41.8 Å². The first-order chi connectivity index (χ1) is 17.3. The third kappa shape index (κ3) is 10.4. The van der Waals surface area contributed by atoms with Gasteiger partial charge in [-0.05, 0) is 57.5 Å². The van der Waals surface area contributed by atoms with E-state index in [1.165, 1.54) is 17.5 Å². The van der Waals surface area contributed by atoms with Gasteiger partial charge < -0.3 is 24.4 Å². The maximum Gasteiger partial charge on any atom is 0.253 e. The summed E-state index contributed by atoms with van der Waals surface area (Å²) in [5, 5.41) is 3.35. The van der Waals surface area contributed by atoms with E-state index in [9.17, 15) is 4.79 Å². The third-order valence-corrected chi connectivity index (χ3v) is 6.87. The van der Waals surface area contributed by atoms with Crippen LogP contribution in [0.25, 0.3) is 0 Å². The van der Waals surface area contributed by atoms with E-state index in [4.69, 9.17) is 14.2 Å². The second-order valence-corrected chi connectivity index (χ2v) is 9.97. The molecule has 0 saturated carbocycles. The lowest BCUT2D eigenvalue weighted by Gasteiger charge is -2.22.